The Morgan fingerprint density at radius 1 is 1.09 bits per heavy atom. The fraction of sp³-hybridized carbons (Fsp3) is 0.480. The fourth-order valence-electron chi connectivity index (χ4n) is 3.67. The molecular formula is C25H36N4O3. The molecule has 0 aliphatic carbocycles. The summed E-state index contributed by atoms with van der Waals surface area (Å²) < 4.78 is 16.5. The highest BCUT2D eigenvalue weighted by Crippen LogP contribution is 2.22. The Kier molecular flexibility index (Phi) is 10.3. The molecule has 174 valence electrons. The number of rotatable bonds is 11. The predicted molar refractivity (Wildman–Crippen MR) is 130 cm³/mol. The maximum atomic E-state index is 5.83. The van der Waals surface area contributed by atoms with Crippen LogP contribution < -0.4 is 15.4 Å². The summed E-state index contributed by atoms with van der Waals surface area (Å²) >= 11 is 0. The zero-order chi connectivity index (χ0) is 22.4. The van der Waals surface area contributed by atoms with E-state index in [9.17, 15) is 0 Å². The second kappa shape index (κ2) is 13.7. The van der Waals surface area contributed by atoms with Crippen LogP contribution in [0.1, 0.15) is 24.9 Å². The van der Waals surface area contributed by atoms with E-state index in [2.05, 4.69) is 52.8 Å². The lowest BCUT2D eigenvalue weighted by Gasteiger charge is -2.34. The van der Waals surface area contributed by atoms with E-state index >= 15 is 0 Å². The van der Waals surface area contributed by atoms with Gasteiger partial charge in [-0.05, 0) is 24.6 Å². The number of benzene rings is 2. The number of hydrogen-bond acceptors (Lipinski definition) is 5. The van der Waals surface area contributed by atoms with Gasteiger partial charge in [-0.1, -0.05) is 36.4 Å². The summed E-state index contributed by atoms with van der Waals surface area (Å²) in [6.45, 7) is 8.21. The van der Waals surface area contributed by atoms with Gasteiger partial charge in [0.2, 0.25) is 0 Å². The van der Waals surface area contributed by atoms with Crippen molar-refractivity contribution >= 4 is 11.6 Å². The predicted octanol–water partition coefficient (Wildman–Crippen LogP) is 3.55. The minimum atomic E-state index is 0.214. The minimum Gasteiger partial charge on any atom is -0.493 e. The van der Waals surface area contributed by atoms with Crippen LogP contribution in [0.3, 0.4) is 0 Å². The Bertz CT molecular complexity index is 810. The van der Waals surface area contributed by atoms with Crippen LogP contribution in [0.2, 0.25) is 0 Å². The van der Waals surface area contributed by atoms with Gasteiger partial charge in [-0.25, -0.2) is 0 Å². The normalized spacial score (nSPS) is 15.9. The van der Waals surface area contributed by atoms with Crippen LogP contribution in [0, 0.1) is 0 Å². The lowest BCUT2D eigenvalue weighted by Crippen LogP contribution is -2.40. The van der Waals surface area contributed by atoms with Crippen LogP contribution in [0.15, 0.2) is 59.6 Å². The smallest absolute Gasteiger partial charge is 0.195 e. The third-order valence-corrected chi connectivity index (χ3v) is 5.30. The molecule has 0 saturated carbocycles. The Morgan fingerprint density at radius 2 is 1.91 bits per heavy atom. The highest BCUT2D eigenvalue weighted by molar-refractivity contribution is 5.93. The SMILES string of the molecule is CCNC(=NCC(c1ccccc1)N1CCOCC1)Nc1cccc(OCCCOC)c1. The van der Waals surface area contributed by atoms with E-state index in [-0.39, 0.29) is 6.04 Å². The molecule has 0 bridgehead atoms. The van der Waals surface area contributed by atoms with Crippen LogP contribution in [0.5, 0.6) is 5.75 Å². The van der Waals surface area contributed by atoms with Gasteiger partial charge < -0.3 is 24.8 Å². The Hall–Kier alpha value is -2.61. The molecule has 1 unspecified atom stereocenters. The van der Waals surface area contributed by atoms with Crippen molar-refractivity contribution in [3.05, 3.63) is 60.2 Å². The van der Waals surface area contributed by atoms with Crippen molar-refractivity contribution in [1.29, 1.82) is 0 Å². The molecule has 1 aliphatic heterocycles. The van der Waals surface area contributed by atoms with Crippen LogP contribution in [-0.2, 0) is 9.47 Å². The Balaban J connectivity index is 1.68. The molecule has 32 heavy (non-hydrogen) atoms. The van der Waals surface area contributed by atoms with Gasteiger partial charge in [-0.3, -0.25) is 9.89 Å². The van der Waals surface area contributed by atoms with Gasteiger partial charge in [0.1, 0.15) is 5.75 Å². The first-order chi connectivity index (χ1) is 15.8. The summed E-state index contributed by atoms with van der Waals surface area (Å²) in [6, 6.07) is 18.8. The van der Waals surface area contributed by atoms with Crippen molar-refractivity contribution < 1.29 is 14.2 Å². The third kappa shape index (κ3) is 7.82. The molecule has 3 rings (SSSR count). The van der Waals surface area contributed by atoms with Crippen molar-refractivity contribution in [3.8, 4) is 5.75 Å². The number of nitrogens with one attached hydrogen (secondary N) is 2. The number of aliphatic imine (C=N–C) groups is 1. The first-order valence-corrected chi connectivity index (χ1v) is 11.4. The number of ether oxygens (including phenoxy) is 3. The molecule has 0 radical (unpaired) electrons. The quantitative estimate of drug-likeness (QED) is 0.316. The van der Waals surface area contributed by atoms with Crippen LogP contribution >= 0.6 is 0 Å². The molecule has 1 fully saturated rings. The van der Waals surface area contributed by atoms with Crippen molar-refractivity contribution in [2.24, 2.45) is 4.99 Å². The molecule has 1 saturated heterocycles. The van der Waals surface area contributed by atoms with E-state index in [1.54, 1.807) is 7.11 Å². The van der Waals surface area contributed by atoms with Crippen LogP contribution in [0.25, 0.3) is 0 Å². The molecule has 0 amide bonds. The van der Waals surface area contributed by atoms with Gasteiger partial charge in [-0.2, -0.15) is 0 Å². The standard InChI is InChI=1S/C25H36N4O3/c1-3-26-25(28-22-11-7-12-23(19-22)32-16-8-15-30-2)27-20-24(21-9-5-4-6-10-21)29-13-17-31-18-14-29/h4-7,9-12,19,24H,3,8,13-18,20H2,1-2H3,(H2,26,27,28). The summed E-state index contributed by atoms with van der Waals surface area (Å²) in [5.41, 5.74) is 2.22. The Morgan fingerprint density at radius 3 is 2.66 bits per heavy atom. The van der Waals surface area contributed by atoms with E-state index in [0.717, 1.165) is 56.7 Å². The maximum Gasteiger partial charge on any atom is 0.195 e. The topological polar surface area (TPSA) is 67.4 Å². The van der Waals surface area contributed by atoms with Gasteiger partial charge in [0, 0.05) is 51.5 Å². The molecule has 7 nitrogen and oxygen atoms in total. The second-order valence-electron chi connectivity index (χ2n) is 7.64. The zero-order valence-electron chi connectivity index (χ0n) is 19.3. The van der Waals surface area contributed by atoms with Gasteiger partial charge >= 0.3 is 0 Å². The van der Waals surface area contributed by atoms with Gasteiger partial charge in [0.05, 0.1) is 32.4 Å². The number of morpholine rings is 1. The van der Waals surface area contributed by atoms with Crippen molar-refractivity contribution in [2.75, 3.05) is 65.0 Å². The first-order valence-electron chi connectivity index (χ1n) is 11.4. The van der Waals surface area contributed by atoms with Gasteiger partial charge in [-0.15, -0.1) is 0 Å². The second-order valence-corrected chi connectivity index (χ2v) is 7.64. The zero-order valence-corrected chi connectivity index (χ0v) is 19.3. The molecule has 1 heterocycles. The fourth-order valence-corrected chi connectivity index (χ4v) is 3.67. The minimum absolute atomic E-state index is 0.214. The van der Waals surface area contributed by atoms with Crippen LogP contribution in [-0.4, -0.2) is 70.6 Å². The average molecular weight is 441 g/mol. The molecule has 1 aliphatic rings. The van der Waals surface area contributed by atoms with Crippen LogP contribution in [0.4, 0.5) is 5.69 Å². The lowest BCUT2D eigenvalue weighted by atomic mass is 10.1. The van der Waals surface area contributed by atoms with Gasteiger partial charge in [0.25, 0.3) is 0 Å². The first kappa shape index (κ1) is 24.0. The van der Waals surface area contributed by atoms with E-state index < -0.39 is 0 Å². The average Bonchev–Trinajstić information content (AvgIpc) is 2.84. The highest BCUT2D eigenvalue weighted by Gasteiger charge is 2.22. The van der Waals surface area contributed by atoms with E-state index in [1.165, 1.54) is 5.56 Å². The van der Waals surface area contributed by atoms with Gasteiger partial charge in [0.15, 0.2) is 5.96 Å². The monoisotopic (exact) mass is 440 g/mol. The molecule has 0 aromatic heterocycles. The van der Waals surface area contributed by atoms with Crippen molar-refractivity contribution in [3.63, 3.8) is 0 Å². The molecule has 2 aromatic carbocycles. The largest absolute Gasteiger partial charge is 0.493 e. The molecule has 0 spiro atoms. The molecule has 2 aromatic rings. The molecule has 1 atom stereocenters. The number of anilines is 1. The summed E-state index contributed by atoms with van der Waals surface area (Å²) in [5.74, 6) is 1.59. The third-order valence-electron chi connectivity index (χ3n) is 5.30. The molecule has 2 N–H and O–H groups in total. The number of hydrogen-bond donors (Lipinski definition) is 2. The Labute approximate surface area is 191 Å². The summed E-state index contributed by atoms with van der Waals surface area (Å²) in [4.78, 5) is 7.39. The molecule has 7 heteroatoms. The number of guanidine groups is 1. The highest BCUT2D eigenvalue weighted by atomic mass is 16.5. The summed E-state index contributed by atoms with van der Waals surface area (Å²) in [5, 5.41) is 6.78. The summed E-state index contributed by atoms with van der Waals surface area (Å²) in [7, 11) is 1.70. The van der Waals surface area contributed by atoms with E-state index in [0.29, 0.717) is 19.8 Å². The van der Waals surface area contributed by atoms with E-state index in [4.69, 9.17) is 19.2 Å². The van der Waals surface area contributed by atoms with Crippen molar-refractivity contribution in [1.82, 2.24) is 10.2 Å². The maximum absolute atomic E-state index is 5.83. The lowest BCUT2D eigenvalue weighted by molar-refractivity contribution is 0.0180. The van der Waals surface area contributed by atoms with E-state index in [1.807, 2.05) is 24.3 Å². The van der Waals surface area contributed by atoms with Crippen molar-refractivity contribution in [2.45, 2.75) is 19.4 Å². The summed E-state index contributed by atoms with van der Waals surface area (Å²) in [6.07, 6.45) is 0.862. The number of nitrogens with zero attached hydrogens (tertiary/aromatic N) is 2. The number of methoxy groups -OCH3 is 1. The molecular weight excluding hydrogens is 404 g/mol.